The van der Waals surface area contributed by atoms with Gasteiger partial charge < -0.3 is 14.9 Å². The fourth-order valence-electron chi connectivity index (χ4n) is 2.23. The van der Waals surface area contributed by atoms with Gasteiger partial charge in [0.05, 0.1) is 18.4 Å². The quantitative estimate of drug-likeness (QED) is 0.346. The highest BCUT2D eigenvalue weighted by atomic mass is 16.5. The smallest absolute Gasteiger partial charge is 0.338 e. The summed E-state index contributed by atoms with van der Waals surface area (Å²) in [5.41, 5.74) is 9.05. The number of anilines is 1. The molecule has 0 fully saturated rings. The summed E-state index contributed by atoms with van der Waals surface area (Å²) in [6, 6.07) is 10.3. The number of amides is 1. The molecule has 0 saturated carbocycles. The normalized spacial score (nSPS) is 10.9. The summed E-state index contributed by atoms with van der Waals surface area (Å²) >= 11 is 0. The third-order valence-electron chi connectivity index (χ3n) is 3.54. The Hall–Kier alpha value is -4.02. The van der Waals surface area contributed by atoms with E-state index in [1.807, 2.05) is 0 Å². The Morgan fingerprint density at radius 2 is 2.07 bits per heavy atom. The Labute approximate surface area is 159 Å². The van der Waals surface area contributed by atoms with Gasteiger partial charge in [-0.2, -0.15) is 5.10 Å². The van der Waals surface area contributed by atoms with E-state index in [-0.39, 0.29) is 18.5 Å². The minimum Gasteiger partial charge on any atom is -0.462 e. The number of carbonyl (C=O) groups is 2. The Balaban J connectivity index is 1.57. The molecule has 0 atom stereocenters. The van der Waals surface area contributed by atoms with Crippen LogP contribution in [0.2, 0.25) is 0 Å². The number of benzene rings is 1. The van der Waals surface area contributed by atoms with E-state index in [1.165, 1.54) is 6.21 Å². The van der Waals surface area contributed by atoms with E-state index < -0.39 is 5.91 Å². The van der Waals surface area contributed by atoms with E-state index in [0.717, 1.165) is 10.2 Å². The number of hydrazone groups is 1. The van der Waals surface area contributed by atoms with Crippen molar-refractivity contribution in [2.45, 2.75) is 13.5 Å². The van der Waals surface area contributed by atoms with Crippen LogP contribution in [0.5, 0.6) is 0 Å². The van der Waals surface area contributed by atoms with Crippen LogP contribution in [0.3, 0.4) is 0 Å². The maximum Gasteiger partial charge on any atom is 0.338 e. The van der Waals surface area contributed by atoms with E-state index >= 15 is 0 Å². The minimum atomic E-state index is -0.448. The largest absolute Gasteiger partial charge is 0.462 e. The topological polar surface area (TPSA) is 151 Å². The number of ether oxygens (including phenoxy) is 1. The summed E-state index contributed by atoms with van der Waals surface area (Å²) < 4.78 is 11.7. The standard InChI is InChI=1S/C17H17N7O4/c1-2-27-16(26)12-5-3-11(4-6-12)14-8-7-13(28-14)9-19-20-15(25)10-24-17(18)21-22-23-24/h3-9H,2,10H2,1H3,(H,20,25)(H2,18,21,23)/b19-9-. The lowest BCUT2D eigenvalue weighted by atomic mass is 10.1. The SMILES string of the molecule is CCOC(=O)c1ccc(-c2ccc(/C=N\NC(=O)Cn3nnnc3N)o2)cc1. The highest BCUT2D eigenvalue weighted by Gasteiger charge is 2.09. The van der Waals surface area contributed by atoms with Crippen molar-refractivity contribution in [2.75, 3.05) is 12.3 Å². The van der Waals surface area contributed by atoms with Gasteiger partial charge in [-0.25, -0.2) is 14.9 Å². The summed E-state index contributed by atoms with van der Waals surface area (Å²) in [6.07, 6.45) is 1.36. The van der Waals surface area contributed by atoms with Gasteiger partial charge in [-0.05, 0) is 41.6 Å². The average Bonchev–Trinajstić information content (AvgIpc) is 3.32. The van der Waals surface area contributed by atoms with Crippen LogP contribution < -0.4 is 11.2 Å². The van der Waals surface area contributed by atoms with Crippen LogP contribution in [0.4, 0.5) is 5.95 Å². The molecule has 3 aromatic rings. The lowest BCUT2D eigenvalue weighted by Crippen LogP contribution is -2.24. The van der Waals surface area contributed by atoms with Crippen molar-refractivity contribution < 1.29 is 18.7 Å². The molecular formula is C17H17N7O4. The molecule has 11 heteroatoms. The van der Waals surface area contributed by atoms with E-state index in [9.17, 15) is 9.59 Å². The Bertz CT molecular complexity index is 991. The number of tetrazole rings is 1. The molecule has 0 aliphatic carbocycles. The molecule has 144 valence electrons. The third-order valence-corrected chi connectivity index (χ3v) is 3.54. The first-order chi connectivity index (χ1) is 13.6. The summed E-state index contributed by atoms with van der Waals surface area (Å²) in [6.45, 7) is 1.91. The Morgan fingerprint density at radius 1 is 1.29 bits per heavy atom. The van der Waals surface area contributed by atoms with E-state index in [2.05, 4.69) is 26.1 Å². The monoisotopic (exact) mass is 383 g/mol. The average molecular weight is 383 g/mol. The van der Waals surface area contributed by atoms with Gasteiger partial charge in [0.1, 0.15) is 18.1 Å². The van der Waals surface area contributed by atoms with Gasteiger partial charge in [-0.15, -0.1) is 0 Å². The van der Waals surface area contributed by atoms with Crippen LogP contribution in [0.15, 0.2) is 45.9 Å². The predicted octanol–water partition coefficient (Wildman–Crippen LogP) is 0.842. The number of hydrogen-bond donors (Lipinski definition) is 2. The van der Waals surface area contributed by atoms with Crippen LogP contribution in [0.1, 0.15) is 23.0 Å². The fourth-order valence-corrected chi connectivity index (χ4v) is 2.23. The number of rotatable bonds is 7. The van der Waals surface area contributed by atoms with Crippen molar-refractivity contribution in [2.24, 2.45) is 5.10 Å². The number of nitrogens with zero attached hydrogens (tertiary/aromatic N) is 5. The van der Waals surface area contributed by atoms with Crippen molar-refractivity contribution in [1.82, 2.24) is 25.6 Å². The first-order valence-electron chi connectivity index (χ1n) is 8.27. The zero-order valence-corrected chi connectivity index (χ0v) is 14.9. The minimum absolute atomic E-state index is 0.0313. The molecule has 0 aliphatic heterocycles. The molecule has 0 saturated heterocycles. The third kappa shape index (κ3) is 4.58. The van der Waals surface area contributed by atoms with Crippen molar-refractivity contribution in [1.29, 1.82) is 0 Å². The molecule has 2 aromatic heterocycles. The van der Waals surface area contributed by atoms with Crippen LogP contribution in [0, 0.1) is 0 Å². The first-order valence-corrected chi connectivity index (χ1v) is 8.27. The molecule has 1 amide bonds. The van der Waals surface area contributed by atoms with E-state index in [1.54, 1.807) is 43.3 Å². The number of aromatic nitrogens is 4. The van der Waals surface area contributed by atoms with Gasteiger partial charge in [0.15, 0.2) is 0 Å². The molecule has 3 rings (SSSR count). The Morgan fingerprint density at radius 3 is 2.75 bits per heavy atom. The molecule has 11 nitrogen and oxygen atoms in total. The molecule has 3 N–H and O–H groups in total. The summed E-state index contributed by atoms with van der Waals surface area (Å²) in [5.74, 6) is 0.234. The lowest BCUT2D eigenvalue weighted by molar-refractivity contribution is -0.121. The fraction of sp³-hybridized carbons (Fsp3) is 0.176. The highest BCUT2D eigenvalue weighted by Crippen LogP contribution is 2.22. The highest BCUT2D eigenvalue weighted by molar-refractivity contribution is 5.90. The molecule has 2 heterocycles. The molecule has 0 radical (unpaired) electrons. The zero-order chi connectivity index (χ0) is 19.9. The van der Waals surface area contributed by atoms with Crippen LogP contribution in [-0.4, -0.2) is 44.9 Å². The second-order valence-electron chi connectivity index (χ2n) is 5.49. The molecular weight excluding hydrogens is 366 g/mol. The summed E-state index contributed by atoms with van der Waals surface area (Å²) in [7, 11) is 0. The molecule has 0 bridgehead atoms. The predicted molar refractivity (Wildman–Crippen MR) is 98.1 cm³/mol. The number of nitrogens with two attached hydrogens (primary N) is 1. The van der Waals surface area contributed by atoms with E-state index in [4.69, 9.17) is 14.9 Å². The van der Waals surface area contributed by atoms with Crippen LogP contribution in [-0.2, 0) is 16.1 Å². The number of esters is 1. The maximum absolute atomic E-state index is 11.7. The maximum atomic E-state index is 11.7. The first kappa shape index (κ1) is 18.8. The van der Waals surface area contributed by atoms with Crippen molar-refractivity contribution in [3.63, 3.8) is 0 Å². The second kappa shape index (κ2) is 8.58. The molecule has 0 spiro atoms. The summed E-state index contributed by atoms with van der Waals surface area (Å²) in [4.78, 5) is 23.4. The van der Waals surface area contributed by atoms with Gasteiger partial charge in [0.2, 0.25) is 5.95 Å². The molecule has 28 heavy (non-hydrogen) atoms. The van der Waals surface area contributed by atoms with Crippen molar-refractivity contribution in [3.05, 3.63) is 47.7 Å². The zero-order valence-electron chi connectivity index (χ0n) is 14.9. The van der Waals surface area contributed by atoms with Crippen molar-refractivity contribution >= 4 is 24.0 Å². The summed E-state index contributed by atoms with van der Waals surface area (Å²) in [5, 5.41) is 14.2. The molecule has 1 aromatic carbocycles. The molecule has 0 aliphatic rings. The van der Waals surface area contributed by atoms with Crippen molar-refractivity contribution in [3.8, 4) is 11.3 Å². The van der Waals surface area contributed by atoms with Gasteiger partial charge in [0, 0.05) is 5.56 Å². The number of nitrogens with one attached hydrogen (secondary N) is 1. The number of hydrogen-bond acceptors (Lipinski definition) is 9. The molecule has 0 unspecified atom stereocenters. The van der Waals surface area contributed by atoms with Gasteiger partial charge in [-0.1, -0.05) is 17.2 Å². The lowest BCUT2D eigenvalue weighted by Gasteiger charge is -2.02. The van der Waals surface area contributed by atoms with Crippen LogP contribution >= 0.6 is 0 Å². The Kier molecular flexibility index (Phi) is 5.75. The van der Waals surface area contributed by atoms with Gasteiger partial charge in [0.25, 0.3) is 5.91 Å². The van der Waals surface area contributed by atoms with Gasteiger partial charge in [-0.3, -0.25) is 4.79 Å². The van der Waals surface area contributed by atoms with E-state index in [0.29, 0.717) is 23.7 Å². The second-order valence-corrected chi connectivity index (χ2v) is 5.49. The van der Waals surface area contributed by atoms with Gasteiger partial charge >= 0.3 is 5.97 Å². The van der Waals surface area contributed by atoms with Crippen LogP contribution in [0.25, 0.3) is 11.3 Å². The number of furan rings is 1. The number of carbonyl (C=O) groups excluding carboxylic acids is 2. The number of nitrogen functional groups attached to an aromatic ring is 1.